The monoisotopic (exact) mass is 437 g/mol. The Labute approximate surface area is 167 Å². The van der Waals surface area contributed by atoms with Gasteiger partial charge < -0.3 is 23.8 Å². The van der Waals surface area contributed by atoms with Crippen LogP contribution in [0, 0.1) is 0 Å². The average molecular weight is 438 g/mol. The molecule has 2 heterocycles. The van der Waals surface area contributed by atoms with E-state index in [0.717, 1.165) is 15.9 Å². The van der Waals surface area contributed by atoms with Crippen LogP contribution in [-0.4, -0.2) is 55.0 Å². The lowest BCUT2D eigenvalue weighted by molar-refractivity contribution is 0.0240. The summed E-state index contributed by atoms with van der Waals surface area (Å²) in [6.45, 7) is 8.10. The van der Waals surface area contributed by atoms with Gasteiger partial charge in [0.15, 0.2) is 11.6 Å². The van der Waals surface area contributed by atoms with Crippen LogP contribution in [0.3, 0.4) is 0 Å². The number of para-hydroxylation sites is 1. The highest BCUT2D eigenvalue weighted by atomic mass is 79.9. The van der Waals surface area contributed by atoms with E-state index in [2.05, 4.69) is 26.0 Å². The summed E-state index contributed by atoms with van der Waals surface area (Å²) in [6.07, 6.45) is -0.276. The second-order valence-corrected chi connectivity index (χ2v) is 8.18. The maximum atomic E-state index is 12.2. The van der Waals surface area contributed by atoms with E-state index < -0.39 is 5.60 Å². The number of benzene rings is 1. The van der Waals surface area contributed by atoms with E-state index >= 15 is 0 Å². The van der Waals surface area contributed by atoms with Gasteiger partial charge in [0.05, 0.1) is 17.1 Å². The van der Waals surface area contributed by atoms with Crippen molar-refractivity contribution in [3.05, 3.63) is 28.7 Å². The zero-order chi connectivity index (χ0) is 19.6. The third-order valence-corrected chi connectivity index (χ3v) is 4.81. The normalized spacial score (nSPS) is 15.0. The fourth-order valence-corrected chi connectivity index (χ4v) is 3.42. The van der Waals surface area contributed by atoms with Gasteiger partial charge in [-0.05, 0) is 48.8 Å². The highest BCUT2D eigenvalue weighted by Crippen LogP contribution is 2.37. The average Bonchev–Trinajstić information content (AvgIpc) is 3.10. The molecule has 1 aromatic carbocycles. The fraction of sp³-hybridized carbons (Fsp3) is 0.474. The number of anilines is 1. The summed E-state index contributed by atoms with van der Waals surface area (Å²) in [5, 5.41) is 4.20. The van der Waals surface area contributed by atoms with Gasteiger partial charge in [-0.2, -0.15) is 0 Å². The van der Waals surface area contributed by atoms with Crippen LogP contribution < -0.4 is 9.64 Å². The molecule has 8 heteroatoms. The van der Waals surface area contributed by atoms with E-state index in [1.165, 1.54) is 0 Å². The topological polar surface area (TPSA) is 68.0 Å². The predicted octanol–water partition coefficient (Wildman–Crippen LogP) is 4.17. The van der Waals surface area contributed by atoms with E-state index in [1.807, 2.05) is 45.0 Å². The second-order valence-electron chi connectivity index (χ2n) is 7.32. The Morgan fingerprint density at radius 3 is 2.56 bits per heavy atom. The van der Waals surface area contributed by atoms with E-state index in [1.54, 1.807) is 12.0 Å². The van der Waals surface area contributed by atoms with E-state index in [4.69, 9.17) is 14.0 Å². The van der Waals surface area contributed by atoms with Crippen LogP contribution in [0.25, 0.3) is 11.3 Å². The lowest BCUT2D eigenvalue weighted by atomic mass is 10.1. The van der Waals surface area contributed by atoms with Crippen molar-refractivity contribution in [2.75, 3.05) is 38.2 Å². The first kappa shape index (κ1) is 19.5. The van der Waals surface area contributed by atoms with Crippen LogP contribution in [-0.2, 0) is 4.74 Å². The molecule has 3 rings (SSSR count). The van der Waals surface area contributed by atoms with Gasteiger partial charge in [0.1, 0.15) is 11.4 Å². The van der Waals surface area contributed by atoms with Crippen molar-refractivity contribution in [1.29, 1.82) is 0 Å². The number of ether oxygens (including phenoxy) is 2. The minimum absolute atomic E-state index is 0.276. The van der Waals surface area contributed by atoms with Crippen molar-refractivity contribution in [2.24, 2.45) is 0 Å². The fourth-order valence-electron chi connectivity index (χ4n) is 2.90. The van der Waals surface area contributed by atoms with Gasteiger partial charge in [-0.25, -0.2) is 4.79 Å². The number of carbonyl (C=O) groups excluding carboxylic acids is 1. The Hall–Kier alpha value is -2.22. The number of hydrogen-bond donors (Lipinski definition) is 0. The van der Waals surface area contributed by atoms with Gasteiger partial charge in [-0.1, -0.05) is 11.2 Å². The van der Waals surface area contributed by atoms with Crippen LogP contribution in [0.1, 0.15) is 20.8 Å². The minimum Gasteiger partial charge on any atom is -0.495 e. The molecular weight excluding hydrogens is 414 g/mol. The third-order valence-electron chi connectivity index (χ3n) is 4.19. The Morgan fingerprint density at radius 1 is 1.22 bits per heavy atom. The molecule has 0 saturated carbocycles. The van der Waals surface area contributed by atoms with Crippen molar-refractivity contribution in [1.82, 2.24) is 10.1 Å². The molecule has 146 valence electrons. The molecule has 0 bridgehead atoms. The molecule has 0 aliphatic carbocycles. The molecule has 1 saturated heterocycles. The first-order chi connectivity index (χ1) is 12.8. The zero-order valence-electron chi connectivity index (χ0n) is 16.0. The largest absolute Gasteiger partial charge is 0.495 e. The Morgan fingerprint density at radius 2 is 1.93 bits per heavy atom. The van der Waals surface area contributed by atoms with Gasteiger partial charge in [0.25, 0.3) is 0 Å². The Balaban J connectivity index is 1.67. The van der Waals surface area contributed by atoms with Gasteiger partial charge in [-0.3, -0.25) is 0 Å². The lowest BCUT2D eigenvalue weighted by Gasteiger charge is -2.35. The summed E-state index contributed by atoms with van der Waals surface area (Å²) < 4.78 is 17.3. The van der Waals surface area contributed by atoms with Crippen LogP contribution in [0.2, 0.25) is 0 Å². The molecule has 0 unspecified atom stereocenters. The minimum atomic E-state index is -0.488. The number of halogens is 1. The smallest absolute Gasteiger partial charge is 0.410 e. The van der Waals surface area contributed by atoms with E-state index in [9.17, 15) is 4.79 Å². The van der Waals surface area contributed by atoms with E-state index in [-0.39, 0.29) is 6.09 Å². The first-order valence-corrected chi connectivity index (χ1v) is 9.60. The van der Waals surface area contributed by atoms with Crippen LogP contribution >= 0.6 is 15.9 Å². The van der Waals surface area contributed by atoms with Crippen molar-refractivity contribution in [2.45, 2.75) is 26.4 Å². The van der Waals surface area contributed by atoms with Crippen LogP contribution in [0.4, 0.5) is 10.6 Å². The molecule has 27 heavy (non-hydrogen) atoms. The molecule has 2 aromatic rings. The molecule has 7 nitrogen and oxygen atoms in total. The van der Waals surface area contributed by atoms with Crippen molar-refractivity contribution < 1.29 is 18.8 Å². The molecule has 0 radical (unpaired) electrons. The zero-order valence-corrected chi connectivity index (χ0v) is 17.6. The molecule has 1 fully saturated rings. The molecule has 1 aliphatic heterocycles. The van der Waals surface area contributed by atoms with Crippen molar-refractivity contribution >= 4 is 27.8 Å². The molecule has 0 N–H and O–H groups in total. The maximum absolute atomic E-state index is 12.2. The highest BCUT2D eigenvalue weighted by Gasteiger charge is 2.27. The predicted molar refractivity (Wildman–Crippen MR) is 106 cm³/mol. The lowest BCUT2D eigenvalue weighted by Crippen LogP contribution is -2.50. The van der Waals surface area contributed by atoms with Gasteiger partial charge in [0, 0.05) is 32.2 Å². The summed E-state index contributed by atoms with van der Waals surface area (Å²) in [5.41, 5.74) is 0.344. The number of carbonyl (C=O) groups is 1. The quantitative estimate of drug-likeness (QED) is 0.717. The first-order valence-electron chi connectivity index (χ1n) is 8.81. The Bertz CT molecular complexity index is 808. The number of methoxy groups -OCH3 is 1. The summed E-state index contributed by atoms with van der Waals surface area (Å²) >= 11 is 3.48. The standard InChI is InChI=1S/C19H24BrN3O4/c1-19(2,3)26-18(24)23-10-8-22(9-11-23)16-12-15(27-21-16)13-6-5-7-14(20)17(13)25-4/h5-7,12H,8-11H2,1-4H3. The highest BCUT2D eigenvalue weighted by molar-refractivity contribution is 9.10. The second kappa shape index (κ2) is 7.80. The summed E-state index contributed by atoms with van der Waals surface area (Å²) in [5.74, 6) is 2.09. The molecule has 0 atom stereocenters. The van der Waals surface area contributed by atoms with Gasteiger partial charge >= 0.3 is 6.09 Å². The third kappa shape index (κ3) is 4.55. The summed E-state index contributed by atoms with van der Waals surface area (Å²) in [7, 11) is 1.62. The van der Waals surface area contributed by atoms with E-state index in [0.29, 0.717) is 37.7 Å². The molecule has 0 spiro atoms. The van der Waals surface area contributed by atoms with Crippen LogP contribution in [0.15, 0.2) is 33.3 Å². The summed E-state index contributed by atoms with van der Waals surface area (Å²) in [6, 6.07) is 7.65. The van der Waals surface area contributed by atoms with Gasteiger partial charge in [0.2, 0.25) is 0 Å². The SMILES string of the molecule is COc1c(Br)cccc1-c1cc(N2CCN(C(=O)OC(C)(C)C)CC2)no1. The summed E-state index contributed by atoms with van der Waals surface area (Å²) in [4.78, 5) is 16.0. The Kier molecular flexibility index (Phi) is 5.64. The number of rotatable bonds is 3. The number of hydrogen-bond acceptors (Lipinski definition) is 6. The molecular formula is C19H24BrN3O4. The van der Waals surface area contributed by atoms with Gasteiger partial charge in [-0.15, -0.1) is 0 Å². The molecule has 1 amide bonds. The number of piperazine rings is 1. The number of amides is 1. The number of nitrogens with zero attached hydrogens (tertiary/aromatic N) is 3. The van der Waals surface area contributed by atoms with Crippen molar-refractivity contribution in [3.8, 4) is 17.1 Å². The van der Waals surface area contributed by atoms with Crippen molar-refractivity contribution in [3.63, 3.8) is 0 Å². The van der Waals surface area contributed by atoms with Crippen LogP contribution in [0.5, 0.6) is 5.75 Å². The number of aromatic nitrogens is 1. The molecule has 1 aliphatic rings. The maximum Gasteiger partial charge on any atom is 0.410 e. The molecule has 1 aromatic heterocycles.